The summed E-state index contributed by atoms with van der Waals surface area (Å²) in [7, 11) is 1.52. The van der Waals surface area contributed by atoms with Crippen LogP contribution in [0.25, 0.3) is 6.08 Å². The van der Waals surface area contributed by atoms with Crippen LogP contribution in [-0.2, 0) is 9.59 Å². The summed E-state index contributed by atoms with van der Waals surface area (Å²) in [5.74, 6) is 0.306. The number of halogens is 1. The molecule has 1 fully saturated rings. The number of ether oxygens (including phenoxy) is 2. The Bertz CT molecular complexity index is 1380. The number of carbonyl (C=O) groups is 2. The van der Waals surface area contributed by atoms with Crippen LogP contribution in [0.3, 0.4) is 0 Å². The van der Waals surface area contributed by atoms with Crippen LogP contribution in [0.5, 0.6) is 11.5 Å². The molecule has 41 heavy (non-hydrogen) atoms. The molecule has 1 atom stereocenters. The predicted octanol–water partition coefficient (Wildman–Crippen LogP) is 4.78. The Hall–Kier alpha value is -4.68. The molecule has 1 aliphatic rings. The number of anilines is 1. The SMILES string of the molecule is COc1ccc(C#N)cc1/C=C/C(=O)N[C@H](CC(=O)Nc1ccccc1)CN1CCC(Oc2ccc(F)cc2)CC1. The van der Waals surface area contributed by atoms with Crippen LogP contribution >= 0.6 is 0 Å². The van der Waals surface area contributed by atoms with E-state index in [-0.39, 0.29) is 30.2 Å². The first-order valence-electron chi connectivity index (χ1n) is 13.5. The monoisotopic (exact) mass is 556 g/mol. The molecule has 0 saturated carbocycles. The van der Waals surface area contributed by atoms with E-state index in [4.69, 9.17) is 9.47 Å². The lowest BCUT2D eigenvalue weighted by atomic mass is 10.1. The van der Waals surface area contributed by atoms with Crippen LogP contribution in [0, 0.1) is 17.1 Å². The molecule has 3 aromatic carbocycles. The van der Waals surface area contributed by atoms with Gasteiger partial charge < -0.3 is 25.0 Å². The van der Waals surface area contributed by atoms with E-state index < -0.39 is 6.04 Å². The van der Waals surface area contributed by atoms with Crippen molar-refractivity contribution in [1.29, 1.82) is 5.26 Å². The number of rotatable bonds is 11. The first-order chi connectivity index (χ1) is 19.9. The Morgan fingerprint density at radius 1 is 1.10 bits per heavy atom. The van der Waals surface area contributed by atoms with Gasteiger partial charge in [-0.2, -0.15) is 5.26 Å². The lowest BCUT2D eigenvalue weighted by molar-refractivity contribution is -0.119. The highest BCUT2D eigenvalue weighted by Crippen LogP contribution is 2.22. The molecule has 0 bridgehead atoms. The number of piperidine rings is 1. The number of benzene rings is 3. The molecule has 8 nitrogen and oxygen atoms in total. The third-order valence-electron chi connectivity index (χ3n) is 6.74. The Balaban J connectivity index is 1.38. The second-order valence-corrected chi connectivity index (χ2v) is 9.80. The van der Waals surface area contributed by atoms with Crippen LogP contribution < -0.4 is 20.1 Å². The number of nitrogens with zero attached hydrogens (tertiary/aromatic N) is 2. The normalized spacial score (nSPS) is 14.7. The largest absolute Gasteiger partial charge is 0.496 e. The van der Waals surface area contributed by atoms with Gasteiger partial charge in [-0.1, -0.05) is 18.2 Å². The molecular weight excluding hydrogens is 523 g/mol. The van der Waals surface area contributed by atoms with Crippen LogP contribution in [0.4, 0.5) is 10.1 Å². The zero-order chi connectivity index (χ0) is 29.0. The number of amides is 2. The number of carbonyl (C=O) groups excluding carboxylic acids is 2. The Labute approximate surface area is 239 Å². The van der Waals surface area contributed by atoms with Gasteiger partial charge in [0.1, 0.15) is 23.4 Å². The summed E-state index contributed by atoms with van der Waals surface area (Å²) in [4.78, 5) is 28.0. The third-order valence-corrected chi connectivity index (χ3v) is 6.74. The molecule has 0 aromatic heterocycles. The summed E-state index contributed by atoms with van der Waals surface area (Å²) in [6, 6.07) is 21.8. The highest BCUT2D eigenvalue weighted by atomic mass is 19.1. The average molecular weight is 557 g/mol. The van der Waals surface area contributed by atoms with Gasteiger partial charge in [0.15, 0.2) is 0 Å². The lowest BCUT2D eigenvalue weighted by Gasteiger charge is -2.34. The summed E-state index contributed by atoms with van der Waals surface area (Å²) in [5, 5.41) is 15.1. The number of methoxy groups -OCH3 is 1. The maximum Gasteiger partial charge on any atom is 0.244 e. The molecule has 1 heterocycles. The minimum atomic E-state index is -0.447. The van der Waals surface area contributed by atoms with E-state index in [2.05, 4.69) is 21.6 Å². The standard InChI is InChI=1S/C32H33FN4O4/c1-40-30-13-7-23(21-34)19-24(30)8-14-31(38)36-27(20-32(39)35-26-5-3-2-4-6-26)22-37-17-15-29(16-18-37)41-28-11-9-25(33)10-12-28/h2-14,19,27,29H,15-18,20,22H2,1H3,(H,35,39)(H,36,38)/b14-8+/t27-/m1/s1. The summed E-state index contributed by atoms with van der Waals surface area (Å²) >= 11 is 0. The zero-order valence-corrected chi connectivity index (χ0v) is 22.9. The van der Waals surface area contributed by atoms with Gasteiger partial charge in [-0.15, -0.1) is 0 Å². The Morgan fingerprint density at radius 2 is 1.83 bits per heavy atom. The van der Waals surface area contributed by atoms with E-state index >= 15 is 0 Å². The maximum atomic E-state index is 13.2. The van der Waals surface area contributed by atoms with E-state index in [1.54, 1.807) is 36.4 Å². The number of hydrogen-bond donors (Lipinski definition) is 2. The molecule has 212 valence electrons. The molecule has 1 aliphatic heterocycles. The molecule has 2 amide bonds. The second-order valence-electron chi connectivity index (χ2n) is 9.80. The molecule has 2 N–H and O–H groups in total. The summed E-state index contributed by atoms with van der Waals surface area (Å²) in [6.07, 6.45) is 4.60. The average Bonchev–Trinajstić information content (AvgIpc) is 2.98. The van der Waals surface area contributed by atoms with Crippen molar-refractivity contribution >= 4 is 23.6 Å². The molecular formula is C32H33FN4O4. The molecule has 4 rings (SSSR count). The predicted molar refractivity (Wildman–Crippen MR) is 155 cm³/mol. The van der Waals surface area contributed by atoms with Crippen molar-refractivity contribution in [3.8, 4) is 17.6 Å². The number of hydrogen-bond acceptors (Lipinski definition) is 6. The van der Waals surface area contributed by atoms with Gasteiger partial charge in [0, 0.05) is 43.4 Å². The van der Waals surface area contributed by atoms with Crippen molar-refractivity contribution < 1.29 is 23.5 Å². The van der Waals surface area contributed by atoms with Crippen LogP contribution in [0.1, 0.15) is 30.4 Å². The third kappa shape index (κ3) is 9.19. The highest BCUT2D eigenvalue weighted by molar-refractivity contribution is 5.94. The zero-order valence-electron chi connectivity index (χ0n) is 22.9. The van der Waals surface area contributed by atoms with E-state index in [0.29, 0.717) is 34.9 Å². The molecule has 1 saturated heterocycles. The van der Waals surface area contributed by atoms with Crippen molar-refractivity contribution in [2.75, 3.05) is 32.1 Å². The molecule has 0 spiro atoms. The lowest BCUT2D eigenvalue weighted by Crippen LogP contribution is -2.48. The molecule has 3 aromatic rings. The molecule has 9 heteroatoms. The fraction of sp³-hybridized carbons (Fsp3) is 0.281. The maximum absolute atomic E-state index is 13.2. The second kappa shape index (κ2) is 14.6. The van der Waals surface area contributed by atoms with E-state index in [9.17, 15) is 19.2 Å². The van der Waals surface area contributed by atoms with Gasteiger partial charge in [-0.3, -0.25) is 9.59 Å². The first kappa shape index (κ1) is 29.3. The van der Waals surface area contributed by atoms with Crippen LogP contribution in [0.2, 0.25) is 0 Å². The minimum Gasteiger partial charge on any atom is -0.496 e. The van der Waals surface area contributed by atoms with Gasteiger partial charge in [0.25, 0.3) is 0 Å². The van der Waals surface area contributed by atoms with Gasteiger partial charge >= 0.3 is 0 Å². The van der Waals surface area contributed by atoms with E-state index in [1.165, 1.54) is 25.3 Å². The Morgan fingerprint density at radius 3 is 2.51 bits per heavy atom. The highest BCUT2D eigenvalue weighted by Gasteiger charge is 2.25. The van der Waals surface area contributed by atoms with Crippen molar-refractivity contribution in [2.45, 2.75) is 31.4 Å². The van der Waals surface area contributed by atoms with Crippen molar-refractivity contribution in [1.82, 2.24) is 10.2 Å². The van der Waals surface area contributed by atoms with Crippen molar-refractivity contribution in [3.63, 3.8) is 0 Å². The van der Waals surface area contributed by atoms with Gasteiger partial charge in [-0.05, 0) is 73.5 Å². The van der Waals surface area contributed by atoms with Gasteiger partial charge in [0.2, 0.25) is 11.8 Å². The Kier molecular flexibility index (Phi) is 10.5. The van der Waals surface area contributed by atoms with E-state index in [1.807, 2.05) is 30.3 Å². The minimum absolute atomic E-state index is 0.00761. The quantitative estimate of drug-likeness (QED) is 0.330. The molecule has 0 radical (unpaired) electrons. The first-order valence-corrected chi connectivity index (χ1v) is 13.5. The summed E-state index contributed by atoms with van der Waals surface area (Å²) < 4.78 is 24.5. The summed E-state index contributed by atoms with van der Waals surface area (Å²) in [6.45, 7) is 1.94. The van der Waals surface area contributed by atoms with Gasteiger partial charge in [-0.25, -0.2) is 4.39 Å². The number of likely N-dealkylation sites (tertiary alicyclic amines) is 1. The van der Waals surface area contributed by atoms with Gasteiger partial charge in [0.05, 0.1) is 24.8 Å². The fourth-order valence-corrected chi connectivity index (χ4v) is 4.69. The summed E-state index contributed by atoms with van der Waals surface area (Å²) in [5.41, 5.74) is 1.74. The molecule has 0 unspecified atom stereocenters. The number of nitriles is 1. The van der Waals surface area contributed by atoms with Crippen LogP contribution in [0.15, 0.2) is 78.9 Å². The number of para-hydroxylation sites is 1. The van der Waals surface area contributed by atoms with Crippen LogP contribution in [-0.4, -0.2) is 55.6 Å². The molecule has 0 aliphatic carbocycles. The van der Waals surface area contributed by atoms with Crippen molar-refractivity contribution in [2.24, 2.45) is 0 Å². The topological polar surface area (TPSA) is 104 Å². The fourth-order valence-electron chi connectivity index (χ4n) is 4.69. The van der Waals surface area contributed by atoms with E-state index in [0.717, 1.165) is 25.9 Å². The smallest absolute Gasteiger partial charge is 0.244 e. The van der Waals surface area contributed by atoms with Crippen molar-refractivity contribution in [3.05, 3.63) is 95.8 Å². The number of nitrogens with one attached hydrogen (secondary N) is 2.